The number of rotatable bonds is 6. The SMILES string of the molecule is CC(C)C[C@H]1CN(S(=O)(=O)C2=CC=CCC2=S)CCN1c1ccc([C@](C)(O)C(F)(F)F)cc1. The molecule has 3 rings (SSSR count). The van der Waals surface area contributed by atoms with Crippen LogP contribution in [0.25, 0.3) is 0 Å². The molecule has 1 heterocycles. The van der Waals surface area contributed by atoms with Gasteiger partial charge in [0.2, 0.25) is 10.0 Å². The Labute approximate surface area is 198 Å². The van der Waals surface area contributed by atoms with E-state index in [4.69, 9.17) is 12.2 Å². The van der Waals surface area contributed by atoms with Crippen molar-refractivity contribution in [1.29, 1.82) is 0 Å². The van der Waals surface area contributed by atoms with Gasteiger partial charge in [-0.1, -0.05) is 50.4 Å². The molecule has 0 radical (unpaired) electrons. The lowest BCUT2D eigenvalue weighted by Gasteiger charge is -2.43. The first-order valence-corrected chi connectivity index (χ1v) is 12.7. The molecule has 1 aliphatic heterocycles. The van der Waals surface area contributed by atoms with Crippen molar-refractivity contribution >= 4 is 32.8 Å². The molecule has 1 aromatic carbocycles. The van der Waals surface area contributed by atoms with Crippen LogP contribution in [0.15, 0.2) is 47.4 Å². The van der Waals surface area contributed by atoms with Gasteiger partial charge in [-0.15, -0.1) is 0 Å². The highest BCUT2D eigenvalue weighted by molar-refractivity contribution is 7.96. The largest absolute Gasteiger partial charge is 0.421 e. The summed E-state index contributed by atoms with van der Waals surface area (Å²) in [4.78, 5) is 2.59. The first-order chi connectivity index (χ1) is 15.2. The summed E-state index contributed by atoms with van der Waals surface area (Å²) in [7, 11) is -3.73. The summed E-state index contributed by atoms with van der Waals surface area (Å²) >= 11 is 5.28. The molecule has 0 bridgehead atoms. The Morgan fingerprint density at radius 3 is 2.36 bits per heavy atom. The number of benzene rings is 1. The summed E-state index contributed by atoms with van der Waals surface area (Å²) in [6.45, 7) is 5.70. The Bertz CT molecular complexity index is 1050. The summed E-state index contributed by atoms with van der Waals surface area (Å²) in [6, 6.07) is 5.50. The number of aliphatic hydroxyl groups is 1. The lowest BCUT2D eigenvalue weighted by atomic mass is 9.94. The smallest absolute Gasteiger partial charge is 0.376 e. The number of nitrogens with zero attached hydrogens (tertiary/aromatic N) is 2. The second kappa shape index (κ2) is 9.48. The summed E-state index contributed by atoms with van der Waals surface area (Å²) < 4.78 is 67.5. The number of piperazine rings is 1. The van der Waals surface area contributed by atoms with Gasteiger partial charge in [0.15, 0.2) is 5.60 Å². The van der Waals surface area contributed by atoms with E-state index in [0.29, 0.717) is 29.9 Å². The molecule has 2 aliphatic rings. The highest BCUT2D eigenvalue weighted by Gasteiger charge is 2.51. The van der Waals surface area contributed by atoms with Gasteiger partial charge >= 0.3 is 6.18 Å². The number of halogens is 3. The molecule has 2 atom stereocenters. The van der Waals surface area contributed by atoms with E-state index in [0.717, 1.165) is 6.92 Å². The topological polar surface area (TPSA) is 60.9 Å². The van der Waals surface area contributed by atoms with Crippen LogP contribution < -0.4 is 4.90 Å². The fourth-order valence-electron chi connectivity index (χ4n) is 4.16. The average molecular weight is 503 g/mol. The number of hydrogen-bond donors (Lipinski definition) is 1. The molecular weight excluding hydrogens is 473 g/mol. The molecule has 5 nitrogen and oxygen atoms in total. The van der Waals surface area contributed by atoms with Crippen molar-refractivity contribution < 1.29 is 26.7 Å². The van der Waals surface area contributed by atoms with Gasteiger partial charge in [0.05, 0.1) is 4.91 Å². The second-order valence-electron chi connectivity index (χ2n) is 9.04. The van der Waals surface area contributed by atoms with Gasteiger partial charge in [0.1, 0.15) is 0 Å². The molecule has 33 heavy (non-hydrogen) atoms. The first kappa shape index (κ1) is 25.9. The van der Waals surface area contributed by atoms with Gasteiger partial charge in [-0.25, -0.2) is 8.42 Å². The maximum atomic E-state index is 13.3. The van der Waals surface area contributed by atoms with E-state index in [-0.39, 0.29) is 35.5 Å². The Morgan fingerprint density at radius 1 is 1.18 bits per heavy atom. The Hall–Kier alpha value is -1.75. The fourth-order valence-corrected chi connectivity index (χ4v) is 6.24. The van der Waals surface area contributed by atoms with Gasteiger partial charge in [-0.3, -0.25) is 0 Å². The van der Waals surface area contributed by atoms with Gasteiger partial charge in [-0.05, 0) is 43.0 Å². The van der Waals surface area contributed by atoms with Crippen molar-refractivity contribution in [2.24, 2.45) is 5.92 Å². The third-order valence-corrected chi connectivity index (χ3v) is 8.55. The normalized spacial score (nSPS) is 22.4. The summed E-state index contributed by atoms with van der Waals surface area (Å²) in [6.07, 6.45) is 1.39. The monoisotopic (exact) mass is 502 g/mol. The number of hydrogen-bond acceptors (Lipinski definition) is 5. The highest BCUT2D eigenvalue weighted by atomic mass is 32.2. The van der Waals surface area contributed by atoms with E-state index >= 15 is 0 Å². The van der Waals surface area contributed by atoms with Crippen molar-refractivity contribution in [2.45, 2.75) is 51.4 Å². The van der Waals surface area contributed by atoms with Crippen molar-refractivity contribution in [2.75, 3.05) is 24.5 Å². The van der Waals surface area contributed by atoms with Crippen LogP contribution in [0, 0.1) is 5.92 Å². The zero-order valence-corrected chi connectivity index (χ0v) is 20.5. The van der Waals surface area contributed by atoms with E-state index < -0.39 is 21.8 Å². The number of sulfonamides is 1. The van der Waals surface area contributed by atoms with Gasteiger partial charge in [0.25, 0.3) is 0 Å². The average Bonchev–Trinajstić information content (AvgIpc) is 2.73. The van der Waals surface area contributed by atoms with E-state index in [9.17, 15) is 26.7 Å². The Balaban J connectivity index is 1.85. The molecule has 182 valence electrons. The molecule has 0 amide bonds. The molecule has 1 N–H and O–H groups in total. The van der Waals surface area contributed by atoms with Crippen LogP contribution in [0.3, 0.4) is 0 Å². The maximum absolute atomic E-state index is 13.3. The number of allylic oxidation sites excluding steroid dienone is 4. The van der Waals surface area contributed by atoms with Crippen LogP contribution in [0.5, 0.6) is 0 Å². The maximum Gasteiger partial charge on any atom is 0.421 e. The second-order valence-corrected chi connectivity index (χ2v) is 11.4. The van der Waals surface area contributed by atoms with Crippen molar-refractivity contribution in [3.05, 3.63) is 53.0 Å². The zero-order chi connectivity index (χ0) is 24.6. The van der Waals surface area contributed by atoms with Crippen molar-refractivity contribution in [1.82, 2.24) is 4.31 Å². The predicted molar refractivity (Wildman–Crippen MR) is 128 cm³/mol. The predicted octanol–water partition coefficient (Wildman–Crippen LogP) is 4.54. The first-order valence-electron chi connectivity index (χ1n) is 10.8. The Morgan fingerprint density at radius 2 is 1.82 bits per heavy atom. The highest BCUT2D eigenvalue weighted by Crippen LogP contribution is 2.39. The zero-order valence-electron chi connectivity index (χ0n) is 18.8. The summed E-state index contributed by atoms with van der Waals surface area (Å²) in [5.74, 6) is 0.281. The summed E-state index contributed by atoms with van der Waals surface area (Å²) in [5.41, 5.74) is -2.50. The van der Waals surface area contributed by atoms with Crippen LogP contribution in [0.4, 0.5) is 18.9 Å². The number of alkyl halides is 3. The molecule has 10 heteroatoms. The number of anilines is 1. The fraction of sp³-hybridized carbons (Fsp3) is 0.522. The number of thiocarbonyl (C=S) groups is 1. The van der Waals surface area contributed by atoms with Crippen LogP contribution in [0.2, 0.25) is 0 Å². The van der Waals surface area contributed by atoms with E-state index in [1.54, 1.807) is 18.2 Å². The van der Waals surface area contributed by atoms with E-state index in [1.165, 1.54) is 22.5 Å². The molecular formula is C23H29F3N2O3S2. The van der Waals surface area contributed by atoms with Crippen LogP contribution in [0.1, 0.15) is 39.2 Å². The minimum atomic E-state index is -4.79. The molecule has 0 aromatic heterocycles. The third-order valence-electron chi connectivity index (χ3n) is 6.08. The van der Waals surface area contributed by atoms with Gasteiger partial charge in [-0.2, -0.15) is 17.5 Å². The quantitative estimate of drug-likeness (QED) is 0.579. The van der Waals surface area contributed by atoms with Gasteiger partial charge < -0.3 is 10.0 Å². The van der Waals surface area contributed by atoms with Crippen LogP contribution >= 0.6 is 12.2 Å². The lowest BCUT2D eigenvalue weighted by Crippen LogP contribution is -2.55. The van der Waals surface area contributed by atoms with Crippen molar-refractivity contribution in [3.8, 4) is 0 Å². The van der Waals surface area contributed by atoms with Crippen LogP contribution in [-0.4, -0.2) is 54.5 Å². The molecule has 1 aromatic rings. The molecule has 1 aliphatic carbocycles. The molecule has 0 spiro atoms. The molecule has 0 saturated carbocycles. The lowest BCUT2D eigenvalue weighted by molar-refractivity contribution is -0.258. The van der Waals surface area contributed by atoms with Crippen molar-refractivity contribution in [3.63, 3.8) is 0 Å². The van der Waals surface area contributed by atoms with Crippen LogP contribution in [-0.2, 0) is 15.6 Å². The molecule has 1 fully saturated rings. The molecule has 0 unspecified atom stereocenters. The summed E-state index contributed by atoms with van der Waals surface area (Å²) in [5, 5.41) is 9.93. The van der Waals surface area contributed by atoms with E-state index in [1.807, 2.05) is 24.8 Å². The van der Waals surface area contributed by atoms with E-state index in [2.05, 4.69) is 0 Å². The molecule has 1 saturated heterocycles. The standard InChI is InChI=1S/C23H29F3N2O3S2/c1-16(2)14-19-15-27(33(30,31)21-7-5-4-6-20(21)32)12-13-28(19)18-10-8-17(9-11-18)22(3,29)23(24,25)26/h4-5,7-11,16,19,29H,6,12-15H2,1-3H3/t19-,22-/m0/s1. The third kappa shape index (κ3) is 5.34. The minimum absolute atomic E-state index is 0.157. The Kier molecular flexibility index (Phi) is 7.43. The van der Waals surface area contributed by atoms with Gasteiger partial charge in [0, 0.05) is 42.6 Å². The minimum Gasteiger partial charge on any atom is -0.376 e.